The van der Waals surface area contributed by atoms with E-state index in [4.69, 9.17) is 0 Å². The van der Waals surface area contributed by atoms with Gasteiger partial charge in [0.15, 0.2) is 0 Å². The maximum Gasteiger partial charge on any atom is 4.00 e. The third-order valence-electron chi connectivity index (χ3n) is 0. The van der Waals surface area contributed by atoms with Crippen LogP contribution in [0.4, 0.5) is 0 Å². The van der Waals surface area contributed by atoms with Crippen LogP contribution in [0, 0.1) is 35.6 Å². The Balaban J connectivity index is 0. The van der Waals surface area contributed by atoms with Crippen molar-refractivity contribution in [2.24, 2.45) is 0 Å². The maximum absolute atomic E-state index is 0. The predicted molar refractivity (Wildman–Crippen MR) is 1.37 cm³/mol. The fourth-order valence-corrected chi connectivity index (χ4v) is 0. The first-order valence-electron chi connectivity index (χ1n) is 0. The van der Waals surface area contributed by atoms with Crippen molar-refractivity contribution in [3.63, 3.8) is 0 Å². The van der Waals surface area contributed by atoms with Crippen LogP contribution in [0.25, 0.3) is 0 Å². The topological polar surface area (TPSA) is 57.0 Å². The summed E-state index contributed by atoms with van der Waals surface area (Å²) in [6, 6.07) is 0. The van der Waals surface area contributed by atoms with E-state index in [2.05, 4.69) is 0 Å². The van der Waals surface area contributed by atoms with E-state index in [0.717, 1.165) is 0 Å². The minimum Gasteiger partial charge on any atom is -2.00 e. The molecule has 0 aromatic rings. The van der Waals surface area contributed by atoms with Crippen molar-refractivity contribution >= 4 is 0 Å². The Morgan fingerprint density at radius 3 is 0.750 bits per heavy atom. The Morgan fingerprint density at radius 2 is 0.750 bits per heavy atom. The zero-order valence-corrected chi connectivity index (χ0v) is 7.98. The molecule has 0 bridgehead atoms. The van der Waals surface area contributed by atoms with Gasteiger partial charge in [0.25, 0.3) is 0 Å². The monoisotopic (exact) mass is 261 g/mol. The molecule has 0 saturated heterocycles. The number of rotatable bonds is 0. The zero-order valence-electron chi connectivity index (χ0n) is 1.89. The molecule has 0 aliphatic heterocycles. The first kappa shape index (κ1) is 37.5. The Morgan fingerprint density at radius 1 is 0.750 bits per heavy atom. The molecule has 0 fully saturated rings. The molecule has 4 heteroatoms. The van der Waals surface area contributed by atoms with Gasteiger partial charge >= 0.3 is 61.8 Å². The minimum atomic E-state index is 0. The van der Waals surface area contributed by atoms with Gasteiger partial charge in [-0.25, -0.2) is 0 Å². The molecule has 0 aliphatic carbocycles. The van der Waals surface area contributed by atoms with Gasteiger partial charge in [0.05, 0.1) is 0 Å². The molecule has 16 valence electrons. The van der Waals surface area contributed by atoms with Gasteiger partial charge in [-0.05, 0) is 0 Å². The molecular weight excluding hydrogens is 262 g/mol. The van der Waals surface area contributed by atoms with Crippen molar-refractivity contribution in [1.82, 2.24) is 0 Å². The average Bonchev–Trinajstić information content (AvgIpc) is 0. The van der Waals surface area contributed by atoms with Crippen molar-refractivity contribution in [3.8, 4) is 0 Å². The van der Waals surface area contributed by atoms with Crippen LogP contribution < -0.4 is 0 Å². The van der Waals surface area contributed by atoms with E-state index < -0.39 is 0 Å². The standard InChI is InChI=1S/La.2O.Zr/q+3;2*-2;+4. The quantitative estimate of drug-likeness (QED) is 0.578. The van der Waals surface area contributed by atoms with E-state index in [9.17, 15) is 0 Å². The second-order valence-corrected chi connectivity index (χ2v) is 0. The van der Waals surface area contributed by atoms with Gasteiger partial charge in [-0.3, -0.25) is 0 Å². The number of hydrogen-bond donors (Lipinski definition) is 0. The van der Waals surface area contributed by atoms with Crippen LogP contribution in [0.3, 0.4) is 0 Å². The zero-order chi connectivity index (χ0) is 0. The molecule has 0 amide bonds. The van der Waals surface area contributed by atoms with Crippen molar-refractivity contribution in [3.05, 3.63) is 0 Å². The van der Waals surface area contributed by atoms with Crippen LogP contribution in [-0.4, -0.2) is 0 Å². The van der Waals surface area contributed by atoms with E-state index >= 15 is 0 Å². The molecule has 2 nitrogen and oxygen atoms in total. The van der Waals surface area contributed by atoms with Gasteiger partial charge < -0.3 is 11.0 Å². The Bertz CT molecular complexity index is 6.00. The predicted octanol–water partition coefficient (Wildman–Crippen LogP) is -0.240. The summed E-state index contributed by atoms with van der Waals surface area (Å²) in [6.07, 6.45) is 0. The van der Waals surface area contributed by atoms with E-state index in [1.807, 2.05) is 0 Å². The van der Waals surface area contributed by atoms with Crippen molar-refractivity contribution in [2.75, 3.05) is 0 Å². The fourth-order valence-electron chi connectivity index (χ4n) is 0. The summed E-state index contributed by atoms with van der Waals surface area (Å²) < 4.78 is 0. The third-order valence-corrected chi connectivity index (χ3v) is 0. The third kappa shape index (κ3) is 9.00. The second kappa shape index (κ2) is 20.0. The van der Waals surface area contributed by atoms with Gasteiger partial charge in [-0.1, -0.05) is 0 Å². The van der Waals surface area contributed by atoms with Crippen LogP contribution >= 0.6 is 0 Å². The van der Waals surface area contributed by atoms with E-state index in [-0.39, 0.29) is 72.8 Å². The van der Waals surface area contributed by atoms with Crippen molar-refractivity contribution in [1.29, 1.82) is 0 Å². The van der Waals surface area contributed by atoms with E-state index in [1.54, 1.807) is 0 Å². The molecule has 4 heavy (non-hydrogen) atoms. The summed E-state index contributed by atoms with van der Waals surface area (Å²) in [6.45, 7) is 0. The summed E-state index contributed by atoms with van der Waals surface area (Å²) in [5, 5.41) is 0. The molecule has 0 aliphatic rings. The van der Waals surface area contributed by atoms with Gasteiger partial charge in [0, 0.05) is 0 Å². The molecule has 0 rings (SSSR count). The van der Waals surface area contributed by atoms with Crippen LogP contribution in [0.1, 0.15) is 0 Å². The molecule has 0 radical (unpaired) electrons. The van der Waals surface area contributed by atoms with Crippen LogP contribution in [0.5, 0.6) is 0 Å². The molecule has 0 aromatic heterocycles. The molecule has 0 atom stereocenters. The first-order chi connectivity index (χ1) is 0. The van der Waals surface area contributed by atoms with Crippen molar-refractivity contribution < 1.29 is 72.8 Å². The first-order valence-corrected chi connectivity index (χ1v) is 0. The van der Waals surface area contributed by atoms with Gasteiger partial charge in [-0.15, -0.1) is 0 Å². The number of hydrogen-bond acceptors (Lipinski definition) is 0. The molecule has 0 spiro atoms. The van der Waals surface area contributed by atoms with Crippen molar-refractivity contribution in [2.45, 2.75) is 0 Å². The molecule has 0 saturated carbocycles. The smallest absolute Gasteiger partial charge is 2.00 e. The average molecular weight is 262 g/mol. The van der Waals surface area contributed by atoms with Crippen LogP contribution in [-0.2, 0) is 37.2 Å². The van der Waals surface area contributed by atoms with Gasteiger partial charge in [0.2, 0.25) is 0 Å². The van der Waals surface area contributed by atoms with Gasteiger partial charge in [0.1, 0.15) is 0 Å². The molecular formula is LaO2Zr+3. The minimum absolute atomic E-state index is 0. The normalized spacial score (nSPS) is 0. The summed E-state index contributed by atoms with van der Waals surface area (Å²) in [4.78, 5) is 0. The fraction of sp³-hybridized carbons (Fsp3) is 0. The molecule has 0 heterocycles. The SMILES string of the molecule is [La+3].[O-2].[O-2].[Zr+4]. The Hall–Kier alpha value is 2.00. The molecule has 0 N–H and O–H groups in total. The second-order valence-electron chi connectivity index (χ2n) is 0. The largest absolute Gasteiger partial charge is 4.00 e. The maximum atomic E-state index is 0. The molecule has 0 unspecified atom stereocenters. The summed E-state index contributed by atoms with van der Waals surface area (Å²) in [5.74, 6) is 0. The molecule has 0 aromatic carbocycles. The van der Waals surface area contributed by atoms with Gasteiger partial charge in [-0.2, -0.15) is 0 Å². The van der Waals surface area contributed by atoms with Crippen LogP contribution in [0.15, 0.2) is 0 Å². The summed E-state index contributed by atoms with van der Waals surface area (Å²) >= 11 is 0. The summed E-state index contributed by atoms with van der Waals surface area (Å²) in [5.41, 5.74) is 0. The van der Waals surface area contributed by atoms with Crippen LogP contribution in [0.2, 0.25) is 0 Å². The van der Waals surface area contributed by atoms with E-state index in [1.165, 1.54) is 0 Å². The summed E-state index contributed by atoms with van der Waals surface area (Å²) in [7, 11) is 0. The van der Waals surface area contributed by atoms with E-state index in [0.29, 0.717) is 0 Å². The Kier molecular flexibility index (Phi) is 188. The Labute approximate surface area is 71.7 Å².